The molecular formula is C17H20N2O2. The lowest BCUT2D eigenvalue weighted by Gasteiger charge is -2.26. The first-order valence-corrected chi connectivity index (χ1v) is 7.54. The lowest BCUT2D eigenvalue weighted by Crippen LogP contribution is -2.18. The maximum Gasteiger partial charge on any atom is 0.354 e. The van der Waals surface area contributed by atoms with Crippen LogP contribution in [-0.2, 0) is 0 Å². The molecule has 4 nitrogen and oxygen atoms in total. The van der Waals surface area contributed by atoms with Crippen molar-refractivity contribution in [2.75, 3.05) is 0 Å². The summed E-state index contributed by atoms with van der Waals surface area (Å²) in [6.07, 6.45) is 7.13. The summed E-state index contributed by atoms with van der Waals surface area (Å²) in [5, 5.41) is 9.44. The molecule has 0 atom stereocenters. The molecular weight excluding hydrogens is 264 g/mol. The summed E-state index contributed by atoms with van der Waals surface area (Å²) < 4.78 is 1.94. The summed E-state index contributed by atoms with van der Waals surface area (Å²) >= 11 is 0. The number of rotatable bonds is 3. The Labute approximate surface area is 124 Å². The van der Waals surface area contributed by atoms with Gasteiger partial charge in [-0.15, -0.1) is 0 Å². The second-order valence-electron chi connectivity index (χ2n) is 5.80. The highest BCUT2D eigenvalue weighted by Gasteiger charge is 2.24. The summed E-state index contributed by atoms with van der Waals surface area (Å²) in [5.41, 5.74) is 2.48. The van der Waals surface area contributed by atoms with Crippen molar-refractivity contribution < 1.29 is 9.90 Å². The van der Waals surface area contributed by atoms with Crippen molar-refractivity contribution in [2.45, 2.75) is 45.1 Å². The van der Waals surface area contributed by atoms with Gasteiger partial charge in [-0.25, -0.2) is 9.78 Å². The third-order valence-corrected chi connectivity index (χ3v) is 4.27. The molecule has 0 bridgehead atoms. The van der Waals surface area contributed by atoms with Gasteiger partial charge in [0.25, 0.3) is 0 Å². The molecule has 0 aliphatic heterocycles. The van der Waals surface area contributed by atoms with Gasteiger partial charge in [0.2, 0.25) is 0 Å². The largest absolute Gasteiger partial charge is 0.477 e. The van der Waals surface area contributed by atoms with Gasteiger partial charge in [-0.05, 0) is 19.8 Å². The van der Waals surface area contributed by atoms with Gasteiger partial charge in [0.05, 0.1) is 6.20 Å². The molecule has 0 unspecified atom stereocenters. The van der Waals surface area contributed by atoms with Gasteiger partial charge in [-0.1, -0.05) is 49.1 Å². The molecule has 1 fully saturated rings. The highest BCUT2D eigenvalue weighted by Crippen LogP contribution is 2.33. The van der Waals surface area contributed by atoms with E-state index in [4.69, 9.17) is 0 Å². The molecule has 1 N–H and O–H groups in total. The van der Waals surface area contributed by atoms with Gasteiger partial charge in [0.15, 0.2) is 0 Å². The van der Waals surface area contributed by atoms with Gasteiger partial charge in [0.1, 0.15) is 11.5 Å². The molecule has 1 aliphatic carbocycles. The summed E-state index contributed by atoms with van der Waals surface area (Å²) in [4.78, 5) is 15.9. The molecule has 3 rings (SSSR count). The van der Waals surface area contributed by atoms with Crippen LogP contribution in [0.4, 0.5) is 0 Å². The second-order valence-corrected chi connectivity index (χ2v) is 5.80. The Bertz CT molecular complexity index is 637. The highest BCUT2D eigenvalue weighted by atomic mass is 16.4. The SMILES string of the molecule is Cc1ccc(-c2ncc(C(=O)O)n2C2CCCCC2)cc1. The summed E-state index contributed by atoms with van der Waals surface area (Å²) in [7, 11) is 0. The van der Waals surface area contributed by atoms with E-state index >= 15 is 0 Å². The monoisotopic (exact) mass is 284 g/mol. The highest BCUT2D eigenvalue weighted by molar-refractivity contribution is 5.86. The van der Waals surface area contributed by atoms with Crippen LogP contribution in [0.3, 0.4) is 0 Å². The van der Waals surface area contributed by atoms with Crippen LogP contribution in [0.2, 0.25) is 0 Å². The molecule has 2 aromatic rings. The van der Waals surface area contributed by atoms with Crippen LogP contribution in [0.15, 0.2) is 30.5 Å². The number of aromatic carboxylic acids is 1. The van der Waals surface area contributed by atoms with Gasteiger partial charge in [-0.2, -0.15) is 0 Å². The topological polar surface area (TPSA) is 55.1 Å². The predicted molar refractivity (Wildman–Crippen MR) is 81.5 cm³/mol. The van der Waals surface area contributed by atoms with Crippen LogP contribution in [0.25, 0.3) is 11.4 Å². The van der Waals surface area contributed by atoms with Crippen LogP contribution < -0.4 is 0 Å². The Morgan fingerprint density at radius 2 is 1.86 bits per heavy atom. The Hall–Kier alpha value is -2.10. The van der Waals surface area contributed by atoms with E-state index in [1.165, 1.54) is 18.2 Å². The molecule has 1 heterocycles. The van der Waals surface area contributed by atoms with E-state index in [-0.39, 0.29) is 6.04 Å². The fourth-order valence-electron chi connectivity index (χ4n) is 3.14. The first-order chi connectivity index (χ1) is 10.2. The summed E-state index contributed by atoms with van der Waals surface area (Å²) in [5.74, 6) is -0.120. The van der Waals surface area contributed by atoms with Crippen molar-refractivity contribution in [1.29, 1.82) is 0 Å². The van der Waals surface area contributed by atoms with Crippen molar-refractivity contribution in [3.05, 3.63) is 41.7 Å². The molecule has 110 valence electrons. The number of benzene rings is 1. The van der Waals surface area contributed by atoms with Crippen molar-refractivity contribution in [1.82, 2.24) is 9.55 Å². The average molecular weight is 284 g/mol. The minimum atomic E-state index is -0.897. The molecule has 1 aliphatic rings. The number of hydrogen-bond donors (Lipinski definition) is 1. The number of aryl methyl sites for hydroxylation is 1. The maximum absolute atomic E-state index is 11.5. The van der Waals surface area contributed by atoms with Gasteiger partial charge < -0.3 is 9.67 Å². The fourth-order valence-corrected chi connectivity index (χ4v) is 3.14. The zero-order valence-electron chi connectivity index (χ0n) is 12.2. The molecule has 4 heteroatoms. The number of hydrogen-bond acceptors (Lipinski definition) is 2. The normalized spacial score (nSPS) is 16.0. The van der Waals surface area contributed by atoms with Crippen molar-refractivity contribution in [2.24, 2.45) is 0 Å². The zero-order chi connectivity index (χ0) is 14.8. The van der Waals surface area contributed by atoms with Crippen LogP contribution in [0.5, 0.6) is 0 Å². The van der Waals surface area contributed by atoms with Crippen molar-refractivity contribution in [3.8, 4) is 11.4 Å². The molecule has 1 aromatic carbocycles. The van der Waals surface area contributed by atoms with Crippen LogP contribution in [0, 0.1) is 6.92 Å². The Morgan fingerprint density at radius 1 is 1.19 bits per heavy atom. The number of carboxylic acids is 1. The molecule has 21 heavy (non-hydrogen) atoms. The van der Waals surface area contributed by atoms with E-state index in [1.54, 1.807) is 0 Å². The van der Waals surface area contributed by atoms with Crippen molar-refractivity contribution >= 4 is 5.97 Å². The molecule has 0 spiro atoms. The number of nitrogens with zero attached hydrogens (tertiary/aromatic N) is 2. The van der Waals surface area contributed by atoms with E-state index in [9.17, 15) is 9.90 Å². The quantitative estimate of drug-likeness (QED) is 0.924. The lowest BCUT2D eigenvalue weighted by atomic mass is 9.94. The van der Waals surface area contributed by atoms with Gasteiger partial charge >= 0.3 is 5.97 Å². The number of carboxylic acid groups (broad SMARTS) is 1. The molecule has 1 saturated carbocycles. The van der Waals surface area contributed by atoms with Gasteiger partial charge in [-0.3, -0.25) is 0 Å². The van der Waals surface area contributed by atoms with Gasteiger partial charge in [0, 0.05) is 11.6 Å². The standard InChI is InChI=1S/C17H20N2O2/c1-12-7-9-13(10-8-12)16-18-11-15(17(20)21)19(16)14-5-3-2-4-6-14/h7-11,14H,2-6H2,1H3,(H,20,21). The molecule has 0 amide bonds. The lowest BCUT2D eigenvalue weighted by molar-refractivity contribution is 0.0681. The van der Waals surface area contributed by atoms with E-state index < -0.39 is 5.97 Å². The van der Waals surface area contributed by atoms with E-state index in [0.717, 1.165) is 37.1 Å². The number of carbonyl (C=O) groups is 1. The summed E-state index contributed by atoms with van der Waals surface area (Å²) in [6.45, 7) is 2.04. The molecule has 0 saturated heterocycles. The molecule has 1 aromatic heterocycles. The number of aromatic nitrogens is 2. The van der Waals surface area contributed by atoms with E-state index in [0.29, 0.717) is 5.69 Å². The third kappa shape index (κ3) is 2.71. The zero-order valence-corrected chi connectivity index (χ0v) is 12.2. The third-order valence-electron chi connectivity index (χ3n) is 4.27. The smallest absolute Gasteiger partial charge is 0.354 e. The predicted octanol–water partition coefficient (Wildman–Crippen LogP) is 4.06. The Kier molecular flexibility index (Phi) is 3.78. The summed E-state index contributed by atoms with van der Waals surface area (Å²) in [6, 6.07) is 8.36. The minimum Gasteiger partial charge on any atom is -0.477 e. The van der Waals surface area contributed by atoms with E-state index in [2.05, 4.69) is 4.98 Å². The minimum absolute atomic E-state index is 0.253. The molecule has 0 radical (unpaired) electrons. The van der Waals surface area contributed by atoms with Crippen molar-refractivity contribution in [3.63, 3.8) is 0 Å². The van der Waals surface area contributed by atoms with Crippen LogP contribution >= 0.6 is 0 Å². The first-order valence-electron chi connectivity index (χ1n) is 7.54. The average Bonchev–Trinajstić information content (AvgIpc) is 2.94. The van der Waals surface area contributed by atoms with Crippen LogP contribution in [-0.4, -0.2) is 20.6 Å². The fraction of sp³-hybridized carbons (Fsp3) is 0.412. The Morgan fingerprint density at radius 3 is 2.48 bits per heavy atom. The number of imidazole rings is 1. The van der Waals surface area contributed by atoms with E-state index in [1.807, 2.05) is 35.8 Å². The van der Waals surface area contributed by atoms with Crippen LogP contribution in [0.1, 0.15) is 54.2 Å². The Balaban J connectivity index is 2.07. The first kappa shape index (κ1) is 13.9. The second kappa shape index (κ2) is 5.72. The maximum atomic E-state index is 11.5.